The van der Waals surface area contributed by atoms with Crippen LogP contribution in [0.25, 0.3) is 0 Å². The first-order valence-electron chi connectivity index (χ1n) is 7.99. The smallest absolute Gasteiger partial charge is 0.182 e. The van der Waals surface area contributed by atoms with Crippen LogP contribution in [0.4, 0.5) is 10.1 Å². The fraction of sp³-hybridized carbons (Fsp3) is 0.263. The van der Waals surface area contributed by atoms with Gasteiger partial charge in [0, 0.05) is 28.7 Å². The summed E-state index contributed by atoms with van der Waals surface area (Å²) in [5.41, 5.74) is 1.45. The largest absolute Gasteiger partial charge is 0.322 e. The molecule has 2 aromatic rings. The average molecular weight is 389 g/mol. The number of aliphatic imine (C=N–C) groups is 1. The van der Waals surface area contributed by atoms with E-state index in [-0.39, 0.29) is 18.1 Å². The Hall–Kier alpha value is -2.01. The first-order chi connectivity index (χ1) is 11.6. The Labute approximate surface area is 149 Å². The Bertz CT molecular complexity index is 741. The predicted octanol–water partition coefficient (Wildman–Crippen LogP) is 4.86. The van der Waals surface area contributed by atoms with Crippen LogP contribution in [0.2, 0.25) is 0 Å². The second kappa shape index (κ2) is 7.71. The molecule has 0 saturated heterocycles. The molecule has 1 aliphatic rings. The van der Waals surface area contributed by atoms with Gasteiger partial charge >= 0.3 is 0 Å². The number of carbonyl (C=O) groups excluding carboxylic acids is 1. The lowest BCUT2D eigenvalue weighted by Crippen LogP contribution is -2.37. The molecule has 24 heavy (non-hydrogen) atoms. The number of carbonyl (C=O) groups is 1. The summed E-state index contributed by atoms with van der Waals surface area (Å²) in [4.78, 5) is 19.2. The summed E-state index contributed by atoms with van der Waals surface area (Å²) in [6.07, 6.45) is 3.03. The van der Waals surface area contributed by atoms with Gasteiger partial charge in [-0.2, -0.15) is 0 Å². The topological polar surface area (TPSA) is 32.7 Å². The minimum atomic E-state index is -0.340. The lowest BCUT2D eigenvalue weighted by Gasteiger charge is -2.28. The van der Waals surface area contributed by atoms with Crippen LogP contribution in [0.1, 0.15) is 29.6 Å². The zero-order valence-corrected chi connectivity index (χ0v) is 14.8. The number of rotatable bonds is 4. The van der Waals surface area contributed by atoms with Gasteiger partial charge in [0.15, 0.2) is 5.78 Å². The zero-order valence-electron chi connectivity index (χ0n) is 13.2. The average Bonchev–Trinajstić information content (AvgIpc) is 2.62. The molecule has 0 N–H and O–H groups in total. The van der Waals surface area contributed by atoms with E-state index < -0.39 is 0 Å². The molecule has 0 radical (unpaired) electrons. The number of halogens is 2. The maximum absolute atomic E-state index is 13.1. The molecule has 0 unspecified atom stereocenters. The Kier molecular flexibility index (Phi) is 5.41. The minimum Gasteiger partial charge on any atom is -0.322 e. The highest BCUT2D eigenvalue weighted by atomic mass is 79.9. The molecule has 3 nitrogen and oxygen atoms in total. The van der Waals surface area contributed by atoms with E-state index in [0.29, 0.717) is 5.56 Å². The third-order valence-corrected chi connectivity index (χ3v) is 4.55. The van der Waals surface area contributed by atoms with Crippen molar-refractivity contribution in [1.82, 2.24) is 0 Å². The molecule has 1 aliphatic heterocycles. The van der Waals surface area contributed by atoms with Crippen molar-refractivity contribution >= 4 is 33.2 Å². The van der Waals surface area contributed by atoms with Gasteiger partial charge < -0.3 is 4.90 Å². The van der Waals surface area contributed by atoms with Crippen molar-refractivity contribution in [2.75, 3.05) is 18.0 Å². The summed E-state index contributed by atoms with van der Waals surface area (Å²) in [7, 11) is 0. The van der Waals surface area contributed by atoms with E-state index >= 15 is 0 Å². The number of nitrogens with zero attached hydrogens (tertiary/aromatic N) is 2. The number of benzene rings is 2. The molecule has 0 amide bonds. The van der Waals surface area contributed by atoms with Gasteiger partial charge in [-0.3, -0.25) is 9.79 Å². The highest BCUT2D eigenvalue weighted by molar-refractivity contribution is 9.10. The number of Topliss-reactive ketones (excluding diaryl/α,β-unsaturated/α-hetero) is 1. The summed E-state index contributed by atoms with van der Waals surface area (Å²) >= 11 is 3.43. The first kappa shape index (κ1) is 16.8. The SMILES string of the molecule is O=C(CN(C1=NCCCC1)c1ccc(Br)cc1)c1ccc(F)cc1. The Morgan fingerprint density at radius 1 is 1.08 bits per heavy atom. The summed E-state index contributed by atoms with van der Waals surface area (Å²) in [6.45, 7) is 0.999. The summed E-state index contributed by atoms with van der Waals surface area (Å²) in [5, 5.41) is 0. The van der Waals surface area contributed by atoms with E-state index in [1.807, 2.05) is 29.2 Å². The molecule has 0 spiro atoms. The van der Waals surface area contributed by atoms with Gasteiger partial charge in [-0.15, -0.1) is 0 Å². The monoisotopic (exact) mass is 388 g/mol. The van der Waals surface area contributed by atoms with E-state index in [0.717, 1.165) is 41.8 Å². The lowest BCUT2D eigenvalue weighted by atomic mass is 10.1. The molecule has 124 valence electrons. The van der Waals surface area contributed by atoms with Gasteiger partial charge in [0.05, 0.1) is 6.54 Å². The van der Waals surface area contributed by atoms with Crippen LogP contribution in [0.15, 0.2) is 58.0 Å². The lowest BCUT2D eigenvalue weighted by molar-refractivity contribution is 0.100. The second-order valence-corrected chi connectivity index (χ2v) is 6.66. The first-order valence-corrected chi connectivity index (χ1v) is 8.78. The van der Waals surface area contributed by atoms with Gasteiger partial charge in [0.1, 0.15) is 11.7 Å². The molecule has 0 fully saturated rings. The normalized spacial score (nSPS) is 14.2. The maximum atomic E-state index is 13.1. The van der Waals surface area contributed by atoms with Crippen LogP contribution < -0.4 is 4.90 Å². The minimum absolute atomic E-state index is 0.0498. The number of ketones is 1. The van der Waals surface area contributed by atoms with Gasteiger partial charge in [0.2, 0.25) is 0 Å². The van der Waals surface area contributed by atoms with E-state index in [9.17, 15) is 9.18 Å². The molecule has 0 atom stereocenters. The molecule has 0 saturated carbocycles. The quantitative estimate of drug-likeness (QED) is 0.700. The molecular weight excluding hydrogens is 371 g/mol. The standard InChI is InChI=1S/C19H18BrFN2O/c20-15-6-10-17(11-7-15)23(19-3-1-2-12-22-19)13-18(24)14-4-8-16(21)9-5-14/h4-11H,1-3,12-13H2. The third-order valence-electron chi connectivity index (χ3n) is 4.02. The molecule has 0 aliphatic carbocycles. The van der Waals surface area contributed by atoms with Crippen LogP contribution >= 0.6 is 15.9 Å². The summed E-state index contributed by atoms with van der Waals surface area (Å²) < 4.78 is 14.0. The fourth-order valence-corrected chi connectivity index (χ4v) is 2.99. The van der Waals surface area contributed by atoms with Crippen molar-refractivity contribution in [3.05, 3.63) is 64.4 Å². The Morgan fingerprint density at radius 2 is 1.79 bits per heavy atom. The van der Waals surface area contributed by atoms with Crippen molar-refractivity contribution in [2.45, 2.75) is 19.3 Å². The van der Waals surface area contributed by atoms with Crippen LogP contribution in [0, 0.1) is 5.82 Å². The number of amidine groups is 1. The summed E-state index contributed by atoms with van der Waals surface area (Å²) in [5.74, 6) is 0.554. The molecule has 3 rings (SSSR count). The zero-order chi connectivity index (χ0) is 16.9. The van der Waals surface area contributed by atoms with E-state index in [1.54, 1.807) is 0 Å². The Balaban J connectivity index is 1.86. The fourth-order valence-electron chi connectivity index (χ4n) is 2.73. The van der Waals surface area contributed by atoms with Gasteiger partial charge in [0.25, 0.3) is 0 Å². The highest BCUT2D eigenvalue weighted by Gasteiger charge is 2.20. The molecule has 0 bridgehead atoms. The van der Waals surface area contributed by atoms with Crippen molar-refractivity contribution in [1.29, 1.82) is 0 Å². The van der Waals surface area contributed by atoms with Gasteiger partial charge in [-0.05, 0) is 61.4 Å². The second-order valence-electron chi connectivity index (χ2n) is 5.75. The number of anilines is 1. The molecule has 1 heterocycles. The van der Waals surface area contributed by atoms with Gasteiger partial charge in [-0.25, -0.2) is 4.39 Å². The third kappa shape index (κ3) is 4.09. The number of hydrogen-bond acceptors (Lipinski definition) is 3. The van der Waals surface area contributed by atoms with E-state index in [4.69, 9.17) is 0 Å². The van der Waals surface area contributed by atoms with Crippen molar-refractivity contribution in [3.63, 3.8) is 0 Å². The van der Waals surface area contributed by atoms with Crippen LogP contribution in [-0.4, -0.2) is 24.7 Å². The highest BCUT2D eigenvalue weighted by Crippen LogP contribution is 2.22. The van der Waals surface area contributed by atoms with E-state index in [2.05, 4.69) is 20.9 Å². The maximum Gasteiger partial charge on any atom is 0.182 e. The van der Waals surface area contributed by atoms with Crippen LogP contribution in [-0.2, 0) is 0 Å². The molecule has 0 aromatic heterocycles. The molecular formula is C19H18BrFN2O. The van der Waals surface area contributed by atoms with E-state index in [1.165, 1.54) is 24.3 Å². The Morgan fingerprint density at radius 3 is 2.42 bits per heavy atom. The molecule has 5 heteroatoms. The van der Waals surface area contributed by atoms with Gasteiger partial charge in [-0.1, -0.05) is 15.9 Å². The number of hydrogen-bond donors (Lipinski definition) is 0. The van der Waals surface area contributed by atoms with Crippen molar-refractivity contribution in [2.24, 2.45) is 4.99 Å². The van der Waals surface area contributed by atoms with Crippen molar-refractivity contribution < 1.29 is 9.18 Å². The van der Waals surface area contributed by atoms with Crippen LogP contribution in [0.5, 0.6) is 0 Å². The predicted molar refractivity (Wildman–Crippen MR) is 98.4 cm³/mol. The molecule has 2 aromatic carbocycles. The van der Waals surface area contributed by atoms with Crippen LogP contribution in [0.3, 0.4) is 0 Å². The van der Waals surface area contributed by atoms with Crippen molar-refractivity contribution in [3.8, 4) is 0 Å². The summed E-state index contributed by atoms with van der Waals surface area (Å²) in [6, 6.07) is 13.5.